The van der Waals surface area contributed by atoms with Gasteiger partial charge < -0.3 is 14.5 Å². The molecule has 0 bridgehead atoms. The minimum absolute atomic E-state index is 0.0467. The van der Waals surface area contributed by atoms with Crippen LogP contribution in [0, 0.1) is 5.82 Å². The van der Waals surface area contributed by atoms with Crippen LogP contribution in [-0.4, -0.2) is 58.1 Å². The van der Waals surface area contributed by atoms with E-state index in [0.29, 0.717) is 26.2 Å². The normalized spacial score (nSPS) is 17.6. The predicted molar refractivity (Wildman–Crippen MR) is 129 cm³/mol. The number of carbonyl (C=O) groups excluding carboxylic acids is 1. The number of nitrogens with one attached hydrogen (secondary N) is 1. The Hall–Kier alpha value is -2.36. The monoisotopic (exact) mass is 509 g/mol. The molecule has 1 aliphatic heterocycles. The van der Waals surface area contributed by atoms with Gasteiger partial charge in [0.15, 0.2) is 6.61 Å². The molecule has 1 saturated carbocycles. The number of rotatable bonds is 7. The molecule has 2 aromatic carbocycles. The third kappa shape index (κ3) is 6.20. The van der Waals surface area contributed by atoms with E-state index in [2.05, 4.69) is 9.62 Å². The third-order valence-electron chi connectivity index (χ3n) is 6.32. The van der Waals surface area contributed by atoms with Crippen LogP contribution in [0.2, 0.25) is 5.02 Å². The van der Waals surface area contributed by atoms with Gasteiger partial charge in [0, 0.05) is 37.9 Å². The Bertz CT molecular complexity index is 1100. The highest BCUT2D eigenvalue weighted by Crippen LogP contribution is 2.28. The maximum Gasteiger partial charge on any atom is 0.260 e. The van der Waals surface area contributed by atoms with E-state index in [0.717, 1.165) is 37.8 Å². The second-order valence-electron chi connectivity index (χ2n) is 8.68. The summed E-state index contributed by atoms with van der Waals surface area (Å²) in [5.74, 6) is -0.193. The van der Waals surface area contributed by atoms with Crippen molar-refractivity contribution in [1.82, 2.24) is 9.62 Å². The van der Waals surface area contributed by atoms with Crippen molar-refractivity contribution in [3.63, 3.8) is 0 Å². The molecule has 0 atom stereocenters. The van der Waals surface area contributed by atoms with Gasteiger partial charge in [-0.25, -0.2) is 17.5 Å². The van der Waals surface area contributed by atoms with Crippen molar-refractivity contribution in [2.45, 2.75) is 43.0 Å². The molecular formula is C24H29ClFN3O4S. The lowest BCUT2D eigenvalue weighted by molar-refractivity contribution is -0.133. The third-order valence-corrected chi connectivity index (χ3v) is 8.13. The number of amides is 1. The van der Waals surface area contributed by atoms with Crippen molar-refractivity contribution in [2.24, 2.45) is 0 Å². The minimum atomic E-state index is -3.67. The number of benzene rings is 2. The van der Waals surface area contributed by atoms with E-state index in [1.54, 1.807) is 17.0 Å². The zero-order chi connectivity index (χ0) is 24.1. The standard InChI is InChI=1S/C24H29ClFN3O4S/c25-22-16-21(34(31,32)27-19-4-2-1-3-5-19)10-11-23(22)33-17-24(30)29-14-12-28(13-15-29)20-8-6-18(26)7-9-20/h6-11,16,19,27H,1-5,12-15,17H2. The van der Waals surface area contributed by atoms with Crippen LogP contribution >= 0.6 is 11.6 Å². The molecule has 1 saturated heterocycles. The van der Waals surface area contributed by atoms with Crippen LogP contribution < -0.4 is 14.4 Å². The van der Waals surface area contributed by atoms with Gasteiger partial charge in [-0.15, -0.1) is 0 Å². The van der Waals surface area contributed by atoms with Gasteiger partial charge in [0.2, 0.25) is 10.0 Å². The highest BCUT2D eigenvalue weighted by molar-refractivity contribution is 7.89. The topological polar surface area (TPSA) is 78.9 Å². The first-order chi connectivity index (χ1) is 16.3. The Balaban J connectivity index is 1.28. The Kier molecular flexibility index (Phi) is 7.95. The number of ether oxygens (including phenoxy) is 1. The first kappa shape index (κ1) is 24.8. The van der Waals surface area contributed by atoms with Crippen LogP contribution in [0.25, 0.3) is 0 Å². The molecule has 1 aliphatic carbocycles. The Labute approximate surface area is 204 Å². The van der Waals surface area contributed by atoms with Crippen LogP contribution in [-0.2, 0) is 14.8 Å². The molecule has 10 heteroatoms. The first-order valence-corrected chi connectivity index (χ1v) is 13.4. The first-order valence-electron chi connectivity index (χ1n) is 11.5. The molecule has 1 N–H and O–H groups in total. The van der Waals surface area contributed by atoms with Crippen LogP contribution in [0.4, 0.5) is 10.1 Å². The fourth-order valence-electron chi connectivity index (χ4n) is 4.37. The fraction of sp³-hybridized carbons (Fsp3) is 0.458. The molecule has 0 unspecified atom stereocenters. The molecule has 34 heavy (non-hydrogen) atoms. The van der Waals surface area contributed by atoms with Gasteiger partial charge in [-0.3, -0.25) is 4.79 Å². The highest BCUT2D eigenvalue weighted by atomic mass is 35.5. The number of carbonyl (C=O) groups is 1. The molecule has 2 aliphatic rings. The number of hydrogen-bond acceptors (Lipinski definition) is 5. The number of hydrogen-bond donors (Lipinski definition) is 1. The largest absolute Gasteiger partial charge is 0.482 e. The van der Waals surface area contributed by atoms with Gasteiger partial charge in [-0.05, 0) is 55.3 Å². The second kappa shape index (κ2) is 10.9. The molecule has 2 fully saturated rings. The highest BCUT2D eigenvalue weighted by Gasteiger charge is 2.24. The van der Waals surface area contributed by atoms with E-state index in [1.807, 2.05) is 0 Å². The summed E-state index contributed by atoms with van der Waals surface area (Å²) in [5.41, 5.74) is 0.921. The number of piperazine rings is 1. The van der Waals surface area contributed by atoms with Crippen LogP contribution in [0.3, 0.4) is 0 Å². The summed E-state index contributed by atoms with van der Waals surface area (Å²) in [4.78, 5) is 16.5. The Morgan fingerprint density at radius 2 is 1.71 bits per heavy atom. The lowest BCUT2D eigenvalue weighted by Crippen LogP contribution is -2.50. The summed E-state index contributed by atoms with van der Waals surface area (Å²) in [6.45, 7) is 2.13. The van der Waals surface area contributed by atoms with Gasteiger partial charge in [-0.1, -0.05) is 30.9 Å². The van der Waals surface area contributed by atoms with Gasteiger partial charge in [0.25, 0.3) is 5.91 Å². The summed E-state index contributed by atoms with van der Waals surface area (Å²) < 4.78 is 46.9. The van der Waals surface area contributed by atoms with Crippen molar-refractivity contribution in [3.05, 3.63) is 53.3 Å². The number of halogens is 2. The molecule has 0 spiro atoms. The van der Waals surface area contributed by atoms with E-state index < -0.39 is 10.0 Å². The smallest absolute Gasteiger partial charge is 0.260 e. The summed E-state index contributed by atoms with van der Waals surface area (Å²) in [6, 6.07) is 10.5. The average Bonchev–Trinajstić information content (AvgIpc) is 2.84. The Morgan fingerprint density at radius 1 is 1.03 bits per heavy atom. The number of sulfonamides is 1. The van der Waals surface area contributed by atoms with E-state index in [1.165, 1.54) is 30.3 Å². The van der Waals surface area contributed by atoms with E-state index in [4.69, 9.17) is 16.3 Å². The minimum Gasteiger partial charge on any atom is -0.482 e. The molecule has 0 aromatic heterocycles. The fourth-order valence-corrected chi connectivity index (χ4v) is 6.00. The zero-order valence-corrected chi connectivity index (χ0v) is 20.5. The molecular weight excluding hydrogens is 481 g/mol. The molecule has 1 heterocycles. The van der Waals surface area contributed by atoms with Gasteiger partial charge in [0.05, 0.1) is 9.92 Å². The average molecular weight is 510 g/mol. The quantitative estimate of drug-likeness (QED) is 0.614. The van der Waals surface area contributed by atoms with Crippen molar-refractivity contribution >= 4 is 33.2 Å². The zero-order valence-electron chi connectivity index (χ0n) is 18.9. The lowest BCUT2D eigenvalue weighted by Gasteiger charge is -2.36. The molecule has 184 valence electrons. The maximum absolute atomic E-state index is 13.1. The van der Waals surface area contributed by atoms with Gasteiger partial charge >= 0.3 is 0 Å². The van der Waals surface area contributed by atoms with Crippen molar-refractivity contribution in [3.8, 4) is 5.75 Å². The summed E-state index contributed by atoms with van der Waals surface area (Å²) >= 11 is 6.27. The van der Waals surface area contributed by atoms with Crippen molar-refractivity contribution in [2.75, 3.05) is 37.7 Å². The summed E-state index contributed by atoms with van der Waals surface area (Å²) in [5, 5.41) is 0.139. The molecule has 7 nitrogen and oxygen atoms in total. The molecule has 2 aromatic rings. The molecule has 1 amide bonds. The van der Waals surface area contributed by atoms with Crippen LogP contribution in [0.5, 0.6) is 5.75 Å². The van der Waals surface area contributed by atoms with E-state index >= 15 is 0 Å². The number of anilines is 1. The van der Waals surface area contributed by atoms with Crippen LogP contribution in [0.1, 0.15) is 32.1 Å². The second-order valence-corrected chi connectivity index (χ2v) is 10.8. The molecule has 0 radical (unpaired) electrons. The number of nitrogens with zero attached hydrogens (tertiary/aromatic N) is 2. The molecule has 4 rings (SSSR count). The van der Waals surface area contributed by atoms with Gasteiger partial charge in [0.1, 0.15) is 11.6 Å². The SMILES string of the molecule is O=C(COc1ccc(S(=O)(=O)NC2CCCCC2)cc1Cl)N1CCN(c2ccc(F)cc2)CC1. The summed E-state index contributed by atoms with van der Waals surface area (Å²) in [7, 11) is -3.67. The van der Waals surface area contributed by atoms with E-state index in [9.17, 15) is 17.6 Å². The van der Waals surface area contributed by atoms with Gasteiger partial charge in [-0.2, -0.15) is 0 Å². The van der Waals surface area contributed by atoms with Crippen molar-refractivity contribution < 1.29 is 22.3 Å². The maximum atomic E-state index is 13.1. The predicted octanol–water partition coefficient (Wildman–Crippen LogP) is 3.82. The Morgan fingerprint density at radius 3 is 2.35 bits per heavy atom. The van der Waals surface area contributed by atoms with E-state index in [-0.39, 0.29) is 40.0 Å². The van der Waals surface area contributed by atoms with Crippen LogP contribution in [0.15, 0.2) is 47.4 Å². The summed E-state index contributed by atoms with van der Waals surface area (Å²) in [6.07, 6.45) is 4.87. The lowest BCUT2D eigenvalue weighted by atomic mass is 9.96. The van der Waals surface area contributed by atoms with Crippen molar-refractivity contribution in [1.29, 1.82) is 0 Å².